The normalized spacial score (nSPS) is 25.6. The van der Waals surface area contributed by atoms with Gasteiger partial charge in [-0.05, 0) is 17.7 Å². The van der Waals surface area contributed by atoms with Gasteiger partial charge >= 0.3 is 5.97 Å². The van der Waals surface area contributed by atoms with Crippen molar-refractivity contribution in [3.05, 3.63) is 59.6 Å². The van der Waals surface area contributed by atoms with Gasteiger partial charge in [-0.2, -0.15) is 0 Å². The third-order valence-electron chi connectivity index (χ3n) is 3.06. The Hall–Kier alpha value is -2.21. The van der Waals surface area contributed by atoms with E-state index in [1.54, 1.807) is 30.3 Å². The predicted octanol–water partition coefficient (Wildman–Crippen LogP) is 1.47. The molecule has 6 heteroatoms. The summed E-state index contributed by atoms with van der Waals surface area (Å²) in [7, 11) is 0. The molecule has 2 unspecified atom stereocenters. The number of esters is 1. The van der Waals surface area contributed by atoms with Crippen molar-refractivity contribution >= 4 is 5.97 Å². The summed E-state index contributed by atoms with van der Waals surface area (Å²) in [5.41, 5.74) is 8.73. The average Bonchev–Trinajstić information content (AvgIpc) is 2.47. The first kappa shape index (κ1) is 14.2. The Morgan fingerprint density at radius 2 is 1.95 bits per heavy atom. The molecule has 0 saturated heterocycles. The van der Waals surface area contributed by atoms with Crippen LogP contribution in [0.25, 0.3) is 0 Å². The van der Waals surface area contributed by atoms with E-state index in [0.29, 0.717) is 5.56 Å². The number of hydrogen-bond acceptors (Lipinski definition) is 4. The van der Waals surface area contributed by atoms with Gasteiger partial charge in [0.15, 0.2) is 6.17 Å². The molecule has 0 fully saturated rings. The second-order valence-electron chi connectivity index (χ2n) is 4.47. The van der Waals surface area contributed by atoms with Gasteiger partial charge in [0.25, 0.3) is 0 Å². The van der Waals surface area contributed by atoms with E-state index in [-0.39, 0.29) is 12.3 Å². The lowest BCUT2D eigenvalue weighted by atomic mass is 9.87. The Bertz CT molecular complexity index is 572. The molecule has 0 bridgehead atoms. The fourth-order valence-electron chi connectivity index (χ4n) is 1.82. The fraction of sp³-hybridized carbons (Fsp3) is 0.214. The monoisotopic (exact) mass is 280 g/mol. The molecule has 0 radical (unpaired) electrons. The lowest BCUT2D eigenvalue weighted by molar-refractivity contribution is -0.152. The average molecular weight is 280 g/mol. The Labute approximate surface area is 114 Å². The predicted molar refractivity (Wildman–Crippen MR) is 69.5 cm³/mol. The zero-order valence-electron chi connectivity index (χ0n) is 10.6. The highest BCUT2D eigenvalue weighted by Gasteiger charge is 2.51. The van der Waals surface area contributed by atoms with Gasteiger partial charge in [-0.15, -0.1) is 0 Å². The summed E-state index contributed by atoms with van der Waals surface area (Å²) in [5.74, 6) is -2.31. The van der Waals surface area contributed by atoms with Crippen molar-refractivity contribution in [1.29, 1.82) is 0 Å². The molecular formula is C14H14F2N2O2. The van der Waals surface area contributed by atoms with Crippen LogP contribution in [-0.2, 0) is 16.1 Å². The van der Waals surface area contributed by atoms with E-state index < -0.39 is 23.5 Å². The number of benzene rings is 1. The molecule has 2 atom stereocenters. The molecule has 1 aromatic carbocycles. The number of carbonyl (C=O) groups excluding carboxylic acids is 1. The highest BCUT2D eigenvalue weighted by atomic mass is 19.1. The Balaban J connectivity index is 2.12. The number of hydrogen-bond donors (Lipinski definition) is 2. The van der Waals surface area contributed by atoms with E-state index >= 15 is 0 Å². The number of allylic oxidation sites excluding steroid dienone is 2. The van der Waals surface area contributed by atoms with Crippen LogP contribution in [0.3, 0.4) is 0 Å². The van der Waals surface area contributed by atoms with Gasteiger partial charge in [-0.3, -0.25) is 0 Å². The molecular weight excluding hydrogens is 266 g/mol. The molecule has 106 valence electrons. The van der Waals surface area contributed by atoms with Crippen LogP contribution < -0.4 is 11.5 Å². The van der Waals surface area contributed by atoms with Crippen LogP contribution in [0.15, 0.2) is 54.0 Å². The summed E-state index contributed by atoms with van der Waals surface area (Å²) in [6.45, 7) is -0.123. The number of alkyl halides is 1. The zero-order valence-corrected chi connectivity index (χ0v) is 10.6. The van der Waals surface area contributed by atoms with Crippen LogP contribution >= 0.6 is 0 Å². The summed E-state index contributed by atoms with van der Waals surface area (Å²) in [5, 5.41) is 0. The molecule has 0 amide bonds. The first-order chi connectivity index (χ1) is 9.46. The second kappa shape index (κ2) is 5.42. The van der Waals surface area contributed by atoms with E-state index in [2.05, 4.69) is 0 Å². The van der Waals surface area contributed by atoms with E-state index in [0.717, 1.165) is 12.2 Å². The Morgan fingerprint density at radius 3 is 2.60 bits per heavy atom. The highest BCUT2D eigenvalue weighted by molar-refractivity contribution is 5.86. The number of nitrogens with two attached hydrogens (primary N) is 2. The van der Waals surface area contributed by atoms with E-state index in [1.165, 1.54) is 0 Å². The van der Waals surface area contributed by atoms with Gasteiger partial charge in [0.05, 0.1) is 0 Å². The maximum atomic E-state index is 14.0. The van der Waals surface area contributed by atoms with Crippen LogP contribution in [0.5, 0.6) is 0 Å². The maximum absolute atomic E-state index is 14.0. The molecule has 4 N–H and O–H groups in total. The molecule has 2 rings (SSSR count). The summed E-state index contributed by atoms with van der Waals surface area (Å²) in [6.07, 6.45) is -0.249. The topological polar surface area (TPSA) is 78.3 Å². The quantitative estimate of drug-likeness (QED) is 0.822. The van der Waals surface area contributed by atoms with Gasteiger partial charge in [-0.1, -0.05) is 30.3 Å². The third kappa shape index (κ3) is 2.42. The minimum atomic E-state index is -2.52. The third-order valence-corrected chi connectivity index (χ3v) is 3.06. The Morgan fingerprint density at radius 1 is 1.30 bits per heavy atom. The van der Waals surface area contributed by atoms with E-state index in [1.807, 2.05) is 0 Å². The molecule has 20 heavy (non-hydrogen) atoms. The Kier molecular flexibility index (Phi) is 3.85. The second-order valence-corrected chi connectivity index (χ2v) is 4.47. The van der Waals surface area contributed by atoms with Gasteiger partial charge in [0.1, 0.15) is 12.4 Å². The van der Waals surface area contributed by atoms with E-state index in [9.17, 15) is 13.6 Å². The maximum Gasteiger partial charge on any atom is 0.337 e. The van der Waals surface area contributed by atoms with Crippen LogP contribution in [0.2, 0.25) is 0 Å². The van der Waals surface area contributed by atoms with Crippen LogP contribution in [0.4, 0.5) is 8.78 Å². The summed E-state index contributed by atoms with van der Waals surface area (Å²) < 4.78 is 32.6. The first-order valence-electron chi connectivity index (χ1n) is 5.93. The molecule has 0 aromatic heterocycles. The van der Waals surface area contributed by atoms with Crippen molar-refractivity contribution < 1.29 is 18.3 Å². The lowest BCUT2D eigenvalue weighted by Gasteiger charge is -2.31. The lowest BCUT2D eigenvalue weighted by Crippen LogP contribution is -2.59. The molecule has 4 nitrogen and oxygen atoms in total. The minimum absolute atomic E-state index is 0.123. The van der Waals surface area contributed by atoms with Crippen molar-refractivity contribution in [3.63, 3.8) is 0 Å². The van der Waals surface area contributed by atoms with Crippen molar-refractivity contribution in [2.45, 2.75) is 18.3 Å². The number of halogens is 2. The van der Waals surface area contributed by atoms with E-state index in [4.69, 9.17) is 16.2 Å². The number of ether oxygens (including phenoxy) is 1. The summed E-state index contributed by atoms with van der Waals surface area (Å²) in [4.78, 5) is 11.9. The van der Waals surface area contributed by atoms with Gasteiger partial charge in [0, 0.05) is 5.70 Å². The fourth-order valence-corrected chi connectivity index (χ4v) is 1.82. The zero-order chi connectivity index (χ0) is 14.8. The van der Waals surface area contributed by atoms with Crippen molar-refractivity contribution in [2.24, 2.45) is 11.5 Å². The standard InChI is InChI=1S/C14H14F2N2O2/c15-11-7-6-10(17)12(16)14(11,18)13(19)20-8-9-4-2-1-3-5-9/h1-7,12H,8,17-18H2. The van der Waals surface area contributed by atoms with Crippen LogP contribution in [0.1, 0.15) is 5.56 Å². The van der Waals surface area contributed by atoms with Gasteiger partial charge in [0.2, 0.25) is 5.54 Å². The molecule has 0 heterocycles. The molecule has 1 aliphatic rings. The van der Waals surface area contributed by atoms with Crippen molar-refractivity contribution in [2.75, 3.05) is 0 Å². The minimum Gasteiger partial charge on any atom is -0.459 e. The van der Waals surface area contributed by atoms with Gasteiger partial charge < -0.3 is 16.2 Å². The molecule has 1 aromatic rings. The number of rotatable bonds is 3. The summed E-state index contributed by atoms with van der Waals surface area (Å²) in [6, 6.07) is 8.72. The van der Waals surface area contributed by atoms with Crippen molar-refractivity contribution in [3.8, 4) is 0 Å². The molecule has 0 aliphatic heterocycles. The first-order valence-corrected chi connectivity index (χ1v) is 5.93. The smallest absolute Gasteiger partial charge is 0.337 e. The summed E-state index contributed by atoms with van der Waals surface area (Å²) >= 11 is 0. The van der Waals surface area contributed by atoms with Gasteiger partial charge in [-0.25, -0.2) is 13.6 Å². The molecule has 0 saturated carbocycles. The largest absolute Gasteiger partial charge is 0.459 e. The highest BCUT2D eigenvalue weighted by Crippen LogP contribution is 2.31. The van der Waals surface area contributed by atoms with Crippen molar-refractivity contribution in [1.82, 2.24) is 0 Å². The SMILES string of the molecule is NC1=CC=C(F)C(N)(C(=O)OCc2ccccc2)C1F. The molecule has 0 spiro atoms. The number of carbonyl (C=O) groups is 1. The van der Waals surface area contributed by atoms with Crippen LogP contribution in [0, 0.1) is 0 Å². The molecule has 1 aliphatic carbocycles. The van der Waals surface area contributed by atoms with Crippen LogP contribution in [-0.4, -0.2) is 17.7 Å².